The Morgan fingerprint density at radius 2 is 1.50 bits per heavy atom. The Bertz CT molecular complexity index is 109. The summed E-state index contributed by atoms with van der Waals surface area (Å²) in [6.07, 6.45) is 0.588. The molecule has 3 heteroatoms. The minimum atomic E-state index is 0.588. The standard InChI is InChI=1S/C7H16NO2/c1-5-9-7(8(3)4)10-6-2/h5-6H2,1-4H3/q+1. The molecule has 0 saturated carbocycles. The molecule has 0 fully saturated rings. The van der Waals surface area contributed by atoms with Crippen LogP contribution in [0.1, 0.15) is 13.8 Å². The predicted octanol–water partition coefficient (Wildman–Crippen LogP) is 0.688. The molecular weight excluding hydrogens is 130 g/mol. The Kier molecular flexibility index (Phi) is 4.72. The van der Waals surface area contributed by atoms with Crippen LogP contribution in [0.4, 0.5) is 0 Å². The molecule has 0 atom stereocenters. The molecule has 0 heterocycles. The summed E-state index contributed by atoms with van der Waals surface area (Å²) in [5.74, 6) is 0. The maximum atomic E-state index is 5.16. The fraction of sp³-hybridized carbons (Fsp3) is 0.857. The molecule has 0 aliphatic heterocycles. The molecule has 0 rings (SSSR count). The van der Waals surface area contributed by atoms with Gasteiger partial charge in [0.2, 0.25) is 0 Å². The zero-order valence-electron chi connectivity index (χ0n) is 7.18. The third kappa shape index (κ3) is 3.33. The fourth-order valence-electron chi connectivity index (χ4n) is 0.547. The van der Waals surface area contributed by atoms with Crippen molar-refractivity contribution in [3.63, 3.8) is 0 Å². The van der Waals surface area contributed by atoms with Crippen LogP contribution < -0.4 is 0 Å². The summed E-state index contributed by atoms with van der Waals surface area (Å²) in [5, 5.41) is 0. The van der Waals surface area contributed by atoms with Crippen LogP contribution in [0, 0.1) is 0 Å². The van der Waals surface area contributed by atoms with Gasteiger partial charge in [-0.25, -0.2) is 0 Å². The lowest BCUT2D eigenvalue weighted by atomic mass is 10.8. The lowest BCUT2D eigenvalue weighted by Crippen LogP contribution is -2.20. The Labute approximate surface area is 62.3 Å². The van der Waals surface area contributed by atoms with E-state index in [0.717, 1.165) is 0 Å². The van der Waals surface area contributed by atoms with Gasteiger partial charge in [0.1, 0.15) is 14.1 Å². The van der Waals surface area contributed by atoms with Gasteiger partial charge in [-0.3, -0.25) is 0 Å². The lowest BCUT2D eigenvalue weighted by Gasteiger charge is -2.02. The van der Waals surface area contributed by atoms with Crippen molar-refractivity contribution in [1.82, 2.24) is 0 Å². The molecule has 0 N–H and O–H groups in total. The van der Waals surface area contributed by atoms with Crippen molar-refractivity contribution in [3.05, 3.63) is 0 Å². The number of hydrogen-bond acceptors (Lipinski definition) is 2. The molecule has 0 aliphatic carbocycles. The molecule has 0 aliphatic rings. The topological polar surface area (TPSA) is 21.5 Å². The number of nitrogens with zero attached hydrogens (tertiary/aromatic N) is 1. The average Bonchev–Trinajstić information content (AvgIpc) is 1.87. The molecule has 0 aromatic rings. The summed E-state index contributed by atoms with van der Waals surface area (Å²) >= 11 is 0. The normalized spacial score (nSPS) is 8.80. The van der Waals surface area contributed by atoms with Gasteiger partial charge < -0.3 is 9.47 Å². The van der Waals surface area contributed by atoms with E-state index in [9.17, 15) is 0 Å². The maximum absolute atomic E-state index is 5.16. The predicted molar refractivity (Wildman–Crippen MR) is 40.4 cm³/mol. The highest BCUT2D eigenvalue weighted by Crippen LogP contribution is 1.83. The van der Waals surface area contributed by atoms with E-state index in [1.54, 1.807) is 0 Å². The molecule has 60 valence electrons. The second-order valence-corrected chi connectivity index (χ2v) is 2.03. The maximum Gasteiger partial charge on any atom is 0.548 e. The van der Waals surface area contributed by atoms with Crippen molar-refractivity contribution in [2.75, 3.05) is 27.3 Å². The van der Waals surface area contributed by atoms with E-state index in [2.05, 4.69) is 0 Å². The van der Waals surface area contributed by atoms with Gasteiger partial charge in [-0.1, -0.05) is 0 Å². The summed E-state index contributed by atoms with van der Waals surface area (Å²) in [5.41, 5.74) is 0. The van der Waals surface area contributed by atoms with Crippen molar-refractivity contribution < 1.29 is 14.0 Å². The highest BCUT2D eigenvalue weighted by Gasteiger charge is 2.07. The van der Waals surface area contributed by atoms with Gasteiger partial charge in [0.25, 0.3) is 0 Å². The van der Waals surface area contributed by atoms with Crippen LogP contribution in [0.25, 0.3) is 0 Å². The first-order valence-corrected chi connectivity index (χ1v) is 3.52. The minimum Gasteiger partial charge on any atom is -0.415 e. The molecule has 0 aromatic carbocycles. The van der Waals surface area contributed by atoms with Gasteiger partial charge in [-0.15, -0.1) is 0 Å². The first kappa shape index (κ1) is 9.27. The highest BCUT2D eigenvalue weighted by atomic mass is 16.7. The van der Waals surface area contributed by atoms with Crippen LogP contribution in [-0.2, 0) is 9.47 Å². The summed E-state index contributed by atoms with van der Waals surface area (Å²) in [6, 6.07) is 0. The molecular formula is C7H16NO2+. The smallest absolute Gasteiger partial charge is 0.415 e. The molecule has 0 unspecified atom stereocenters. The molecule has 3 nitrogen and oxygen atoms in total. The van der Waals surface area contributed by atoms with Crippen molar-refractivity contribution in [2.45, 2.75) is 13.8 Å². The van der Waals surface area contributed by atoms with Crippen LogP contribution in [0.15, 0.2) is 0 Å². The Hall–Kier alpha value is -0.730. The first-order chi connectivity index (χ1) is 4.72. The summed E-state index contributed by atoms with van der Waals surface area (Å²) in [4.78, 5) is 0. The quantitative estimate of drug-likeness (QED) is 0.325. The van der Waals surface area contributed by atoms with E-state index in [1.807, 2.05) is 32.5 Å². The molecule has 0 bridgehead atoms. The van der Waals surface area contributed by atoms with Gasteiger partial charge in [0.05, 0.1) is 13.2 Å². The fourth-order valence-corrected chi connectivity index (χ4v) is 0.547. The third-order valence-electron chi connectivity index (χ3n) is 0.901. The van der Waals surface area contributed by atoms with Crippen LogP contribution in [0.2, 0.25) is 0 Å². The zero-order valence-corrected chi connectivity index (χ0v) is 7.18. The highest BCUT2D eigenvalue weighted by molar-refractivity contribution is 5.60. The van der Waals surface area contributed by atoms with E-state index in [0.29, 0.717) is 19.3 Å². The van der Waals surface area contributed by atoms with Crippen molar-refractivity contribution in [2.24, 2.45) is 0 Å². The van der Waals surface area contributed by atoms with Crippen LogP contribution in [0.5, 0.6) is 0 Å². The van der Waals surface area contributed by atoms with E-state index in [-0.39, 0.29) is 0 Å². The van der Waals surface area contributed by atoms with Crippen molar-refractivity contribution in [1.29, 1.82) is 0 Å². The Balaban J connectivity index is 3.86. The lowest BCUT2D eigenvalue weighted by molar-refractivity contribution is -0.486. The van der Waals surface area contributed by atoms with Crippen LogP contribution >= 0.6 is 0 Å². The van der Waals surface area contributed by atoms with Crippen molar-refractivity contribution in [3.8, 4) is 0 Å². The van der Waals surface area contributed by atoms with Gasteiger partial charge in [0.15, 0.2) is 0 Å². The Morgan fingerprint density at radius 1 is 1.10 bits per heavy atom. The molecule has 0 radical (unpaired) electrons. The summed E-state index contributed by atoms with van der Waals surface area (Å²) in [7, 11) is 3.78. The minimum absolute atomic E-state index is 0.588. The monoisotopic (exact) mass is 146 g/mol. The van der Waals surface area contributed by atoms with E-state index in [4.69, 9.17) is 9.47 Å². The first-order valence-electron chi connectivity index (χ1n) is 3.52. The number of rotatable bonds is 2. The molecule has 0 spiro atoms. The second kappa shape index (κ2) is 5.09. The van der Waals surface area contributed by atoms with Gasteiger partial charge >= 0.3 is 6.08 Å². The molecule has 10 heavy (non-hydrogen) atoms. The number of hydrogen-bond donors (Lipinski definition) is 0. The third-order valence-corrected chi connectivity index (χ3v) is 0.901. The van der Waals surface area contributed by atoms with E-state index in [1.165, 1.54) is 0 Å². The van der Waals surface area contributed by atoms with Gasteiger partial charge in [0, 0.05) is 0 Å². The summed E-state index contributed by atoms with van der Waals surface area (Å²) < 4.78 is 12.1. The van der Waals surface area contributed by atoms with Crippen LogP contribution in [0.3, 0.4) is 0 Å². The molecule has 0 saturated heterocycles. The van der Waals surface area contributed by atoms with Gasteiger partial charge in [-0.05, 0) is 13.8 Å². The van der Waals surface area contributed by atoms with E-state index >= 15 is 0 Å². The number of ether oxygens (including phenoxy) is 2. The van der Waals surface area contributed by atoms with Crippen molar-refractivity contribution >= 4 is 6.08 Å². The summed E-state index contributed by atoms with van der Waals surface area (Å²) in [6.45, 7) is 5.16. The SMILES string of the molecule is CCOC(OCC)=[N+](C)C. The molecule has 0 amide bonds. The Morgan fingerprint density at radius 3 is 1.70 bits per heavy atom. The average molecular weight is 146 g/mol. The van der Waals surface area contributed by atoms with Gasteiger partial charge in [-0.2, -0.15) is 4.58 Å². The second-order valence-electron chi connectivity index (χ2n) is 2.03. The van der Waals surface area contributed by atoms with Crippen LogP contribution in [-0.4, -0.2) is 38.0 Å². The largest absolute Gasteiger partial charge is 0.548 e. The van der Waals surface area contributed by atoms with E-state index < -0.39 is 0 Å². The molecule has 0 aromatic heterocycles. The zero-order chi connectivity index (χ0) is 7.98.